The first-order valence-electron chi connectivity index (χ1n) is 6.72. The van der Waals surface area contributed by atoms with Crippen LogP contribution in [0.2, 0.25) is 0 Å². The van der Waals surface area contributed by atoms with Crippen molar-refractivity contribution in [1.82, 2.24) is 4.90 Å². The van der Waals surface area contributed by atoms with Crippen molar-refractivity contribution in [2.75, 3.05) is 19.0 Å². The molecule has 0 N–H and O–H groups in total. The van der Waals surface area contributed by atoms with Crippen LogP contribution in [0.25, 0.3) is 0 Å². The van der Waals surface area contributed by atoms with Gasteiger partial charge in [-0.15, -0.1) is 11.6 Å². The molecular weight excluding hydrogens is 262 g/mol. The van der Waals surface area contributed by atoms with Crippen LogP contribution in [0.5, 0.6) is 0 Å². The zero-order valence-corrected chi connectivity index (χ0v) is 12.0. The molecule has 0 spiro atoms. The summed E-state index contributed by atoms with van der Waals surface area (Å²) < 4.78 is 5.36. The molecule has 1 aliphatic rings. The van der Waals surface area contributed by atoms with E-state index in [9.17, 15) is 4.79 Å². The van der Waals surface area contributed by atoms with Gasteiger partial charge in [0.1, 0.15) is 0 Å². The number of likely N-dealkylation sites (tertiary alicyclic amines) is 1. The Hall–Kier alpha value is -1.06. The van der Waals surface area contributed by atoms with Crippen molar-refractivity contribution in [2.45, 2.75) is 26.5 Å². The molecule has 0 saturated carbocycles. The minimum absolute atomic E-state index is 0.212. The molecule has 0 aliphatic carbocycles. The van der Waals surface area contributed by atoms with Crippen LogP contribution in [-0.2, 0) is 22.7 Å². The minimum atomic E-state index is 0.212. The maximum atomic E-state index is 11.8. The maximum Gasteiger partial charge on any atom is 0.223 e. The van der Waals surface area contributed by atoms with Gasteiger partial charge in [-0.05, 0) is 24.0 Å². The van der Waals surface area contributed by atoms with E-state index < -0.39 is 0 Å². The van der Waals surface area contributed by atoms with Gasteiger partial charge in [0.05, 0.1) is 6.61 Å². The number of nitrogens with zero attached hydrogens (tertiary/aromatic N) is 1. The van der Waals surface area contributed by atoms with Crippen molar-refractivity contribution < 1.29 is 9.53 Å². The molecule has 19 heavy (non-hydrogen) atoms. The standard InChI is InChI=1S/C15H20ClNO2/c1-2-19-11-13-5-3-12(4-6-13)9-17-10-14(8-16)7-15(17)18/h3-6,14H,2,7-11H2,1H3. The predicted molar refractivity (Wildman–Crippen MR) is 76.0 cm³/mol. The van der Waals surface area contributed by atoms with Crippen molar-refractivity contribution in [2.24, 2.45) is 5.92 Å². The number of benzene rings is 1. The molecule has 1 aliphatic heterocycles. The van der Waals surface area contributed by atoms with Gasteiger partial charge < -0.3 is 9.64 Å². The highest BCUT2D eigenvalue weighted by Crippen LogP contribution is 2.21. The number of alkyl halides is 1. The largest absolute Gasteiger partial charge is 0.377 e. The van der Waals surface area contributed by atoms with Gasteiger partial charge in [-0.1, -0.05) is 24.3 Å². The first-order valence-corrected chi connectivity index (χ1v) is 7.25. The summed E-state index contributed by atoms with van der Waals surface area (Å²) in [5.74, 6) is 1.09. The average Bonchev–Trinajstić information content (AvgIpc) is 2.79. The number of rotatable bonds is 6. The molecule has 4 heteroatoms. The Bertz CT molecular complexity index is 419. The third-order valence-electron chi connectivity index (χ3n) is 3.38. The van der Waals surface area contributed by atoms with Crippen LogP contribution in [0.15, 0.2) is 24.3 Å². The molecule has 2 rings (SSSR count). The molecule has 1 unspecified atom stereocenters. The number of carbonyl (C=O) groups excluding carboxylic acids is 1. The molecule has 1 amide bonds. The average molecular weight is 282 g/mol. The van der Waals surface area contributed by atoms with E-state index in [0.717, 1.165) is 24.3 Å². The van der Waals surface area contributed by atoms with Gasteiger partial charge in [0.2, 0.25) is 5.91 Å². The van der Waals surface area contributed by atoms with Crippen LogP contribution in [-0.4, -0.2) is 29.8 Å². The van der Waals surface area contributed by atoms with Gasteiger partial charge in [-0.2, -0.15) is 0 Å². The second kappa shape index (κ2) is 6.92. The third kappa shape index (κ3) is 3.95. The van der Waals surface area contributed by atoms with Crippen LogP contribution in [0.3, 0.4) is 0 Å². The smallest absolute Gasteiger partial charge is 0.223 e. The molecule has 1 saturated heterocycles. The van der Waals surface area contributed by atoms with E-state index in [1.807, 2.05) is 11.8 Å². The molecule has 1 heterocycles. The predicted octanol–water partition coefficient (Wildman–Crippen LogP) is 2.81. The lowest BCUT2D eigenvalue weighted by molar-refractivity contribution is -0.128. The summed E-state index contributed by atoms with van der Waals surface area (Å²) in [6.07, 6.45) is 0.589. The summed E-state index contributed by atoms with van der Waals surface area (Å²) in [5.41, 5.74) is 2.32. The van der Waals surface area contributed by atoms with Crippen LogP contribution in [0, 0.1) is 5.92 Å². The van der Waals surface area contributed by atoms with Gasteiger partial charge in [-0.3, -0.25) is 4.79 Å². The molecular formula is C15H20ClNO2. The highest BCUT2D eigenvalue weighted by molar-refractivity contribution is 6.18. The molecule has 0 bridgehead atoms. The first kappa shape index (κ1) is 14.4. The molecule has 104 valence electrons. The molecule has 1 fully saturated rings. The second-order valence-corrected chi connectivity index (χ2v) is 5.26. The Morgan fingerprint density at radius 1 is 1.32 bits per heavy atom. The molecule has 1 aromatic carbocycles. The molecule has 3 nitrogen and oxygen atoms in total. The number of hydrogen-bond acceptors (Lipinski definition) is 2. The lowest BCUT2D eigenvalue weighted by Gasteiger charge is -2.16. The van der Waals surface area contributed by atoms with Crippen LogP contribution < -0.4 is 0 Å². The summed E-state index contributed by atoms with van der Waals surface area (Å²) in [4.78, 5) is 13.7. The summed E-state index contributed by atoms with van der Waals surface area (Å²) >= 11 is 5.82. The SMILES string of the molecule is CCOCc1ccc(CN2CC(CCl)CC2=O)cc1. The number of hydrogen-bond donors (Lipinski definition) is 0. The van der Waals surface area contributed by atoms with Crippen LogP contribution in [0.1, 0.15) is 24.5 Å². The van der Waals surface area contributed by atoms with Crippen molar-refractivity contribution in [3.05, 3.63) is 35.4 Å². The number of ether oxygens (including phenoxy) is 1. The quantitative estimate of drug-likeness (QED) is 0.751. The fourth-order valence-corrected chi connectivity index (χ4v) is 2.50. The second-order valence-electron chi connectivity index (χ2n) is 4.95. The Morgan fingerprint density at radius 3 is 2.58 bits per heavy atom. The highest BCUT2D eigenvalue weighted by Gasteiger charge is 2.28. The van der Waals surface area contributed by atoms with Gasteiger partial charge in [0.25, 0.3) is 0 Å². The Balaban J connectivity index is 1.91. The van der Waals surface area contributed by atoms with Gasteiger partial charge in [0.15, 0.2) is 0 Å². The van der Waals surface area contributed by atoms with Crippen LogP contribution in [0.4, 0.5) is 0 Å². The zero-order chi connectivity index (χ0) is 13.7. The Labute approximate surface area is 119 Å². The third-order valence-corrected chi connectivity index (χ3v) is 3.82. The summed E-state index contributed by atoms with van der Waals surface area (Å²) in [5, 5.41) is 0. The van der Waals surface area contributed by atoms with Gasteiger partial charge in [0, 0.05) is 32.0 Å². The van der Waals surface area contributed by atoms with E-state index in [1.165, 1.54) is 0 Å². The highest BCUT2D eigenvalue weighted by atomic mass is 35.5. The summed E-state index contributed by atoms with van der Waals surface area (Å²) in [7, 11) is 0. The zero-order valence-electron chi connectivity index (χ0n) is 11.3. The lowest BCUT2D eigenvalue weighted by atomic mass is 10.1. The number of carbonyl (C=O) groups is 1. The van der Waals surface area contributed by atoms with Crippen molar-refractivity contribution in [1.29, 1.82) is 0 Å². The minimum Gasteiger partial charge on any atom is -0.377 e. The molecule has 1 atom stereocenters. The topological polar surface area (TPSA) is 29.5 Å². The molecule has 0 radical (unpaired) electrons. The van der Waals surface area contributed by atoms with E-state index >= 15 is 0 Å². The normalized spacial score (nSPS) is 19.2. The fraction of sp³-hybridized carbons (Fsp3) is 0.533. The number of amides is 1. The lowest BCUT2D eigenvalue weighted by Crippen LogP contribution is -2.24. The van der Waals surface area contributed by atoms with E-state index in [-0.39, 0.29) is 5.91 Å². The maximum absolute atomic E-state index is 11.8. The monoisotopic (exact) mass is 281 g/mol. The summed E-state index contributed by atoms with van der Waals surface area (Å²) in [6, 6.07) is 8.25. The van der Waals surface area contributed by atoms with E-state index in [0.29, 0.717) is 31.4 Å². The van der Waals surface area contributed by atoms with Crippen LogP contribution >= 0.6 is 11.6 Å². The number of halogens is 1. The Morgan fingerprint density at radius 2 is 2.00 bits per heavy atom. The molecule has 0 aromatic heterocycles. The first-order chi connectivity index (χ1) is 9.22. The van der Waals surface area contributed by atoms with Crippen molar-refractivity contribution in [3.63, 3.8) is 0 Å². The van der Waals surface area contributed by atoms with E-state index in [4.69, 9.17) is 16.3 Å². The van der Waals surface area contributed by atoms with Crippen molar-refractivity contribution in [3.8, 4) is 0 Å². The summed E-state index contributed by atoms with van der Waals surface area (Å²) in [6.45, 7) is 4.82. The van der Waals surface area contributed by atoms with E-state index in [1.54, 1.807) is 0 Å². The van der Waals surface area contributed by atoms with Gasteiger partial charge in [-0.25, -0.2) is 0 Å². The van der Waals surface area contributed by atoms with Gasteiger partial charge >= 0.3 is 0 Å². The Kier molecular flexibility index (Phi) is 5.23. The van der Waals surface area contributed by atoms with Crippen molar-refractivity contribution >= 4 is 17.5 Å². The van der Waals surface area contributed by atoms with E-state index in [2.05, 4.69) is 24.3 Å². The fourth-order valence-electron chi connectivity index (χ4n) is 2.29. The molecule has 1 aromatic rings.